The van der Waals surface area contributed by atoms with Crippen molar-refractivity contribution in [2.24, 2.45) is 5.41 Å². The normalized spacial score (nSPS) is 24.6. The van der Waals surface area contributed by atoms with Crippen LogP contribution in [0.25, 0.3) is 0 Å². The van der Waals surface area contributed by atoms with Crippen molar-refractivity contribution in [1.82, 2.24) is 14.2 Å². The smallest absolute Gasteiger partial charge is 0.244 e. The molecule has 0 aromatic carbocycles. The number of aryl methyl sites for hydroxylation is 1. The van der Waals surface area contributed by atoms with E-state index >= 15 is 0 Å². The fourth-order valence-corrected chi connectivity index (χ4v) is 6.59. The maximum Gasteiger partial charge on any atom is 0.244 e. The average Bonchev–Trinajstić information content (AvgIpc) is 3.12. The first-order chi connectivity index (χ1) is 13.4. The highest BCUT2D eigenvalue weighted by Gasteiger charge is 2.44. The molecule has 8 heteroatoms. The molecule has 156 valence electrons. The lowest BCUT2D eigenvalue weighted by Crippen LogP contribution is -2.45. The lowest BCUT2D eigenvalue weighted by Gasteiger charge is -2.40. The van der Waals surface area contributed by atoms with Crippen LogP contribution < -0.4 is 4.74 Å². The molecule has 3 fully saturated rings. The summed E-state index contributed by atoms with van der Waals surface area (Å²) in [6.07, 6.45) is 5.31. The van der Waals surface area contributed by atoms with Gasteiger partial charge < -0.3 is 9.47 Å². The van der Waals surface area contributed by atoms with Crippen molar-refractivity contribution in [1.29, 1.82) is 0 Å². The van der Waals surface area contributed by atoms with Gasteiger partial charge in [-0.2, -0.15) is 4.31 Å². The number of sulfonamides is 1. The van der Waals surface area contributed by atoms with Crippen LogP contribution in [0, 0.1) is 12.3 Å². The highest BCUT2D eigenvalue weighted by molar-refractivity contribution is 7.89. The van der Waals surface area contributed by atoms with E-state index in [0.29, 0.717) is 35.6 Å². The summed E-state index contributed by atoms with van der Waals surface area (Å²) in [6, 6.07) is 3.88. The van der Waals surface area contributed by atoms with Gasteiger partial charge in [0.15, 0.2) is 0 Å². The minimum Gasteiger partial charge on any atom is -0.481 e. The van der Waals surface area contributed by atoms with Crippen LogP contribution in [-0.2, 0) is 14.8 Å². The summed E-state index contributed by atoms with van der Waals surface area (Å²) in [5, 5.41) is 0. The Kier molecular flexibility index (Phi) is 5.66. The summed E-state index contributed by atoms with van der Waals surface area (Å²) in [5.74, 6) is 0.438. The Hall–Kier alpha value is -1.22. The van der Waals surface area contributed by atoms with Crippen LogP contribution in [0.4, 0.5) is 0 Å². The van der Waals surface area contributed by atoms with Crippen molar-refractivity contribution in [3.63, 3.8) is 0 Å². The second-order valence-corrected chi connectivity index (χ2v) is 10.3. The van der Waals surface area contributed by atoms with Gasteiger partial charge in [0.1, 0.15) is 4.90 Å². The molecule has 0 unspecified atom stereocenters. The monoisotopic (exact) mass is 409 g/mol. The number of aromatic nitrogens is 1. The van der Waals surface area contributed by atoms with E-state index in [1.54, 1.807) is 23.4 Å². The van der Waals surface area contributed by atoms with Gasteiger partial charge in [0.2, 0.25) is 15.9 Å². The van der Waals surface area contributed by atoms with Crippen LogP contribution >= 0.6 is 0 Å². The molecule has 0 N–H and O–H groups in total. The number of nitrogens with zero attached hydrogens (tertiary/aromatic N) is 3. The lowest BCUT2D eigenvalue weighted by molar-refractivity contribution is 0.0353. The SMILES string of the molecule is COc1ccc(S(=O)(=O)N2CCC3(CCN(C4CCOCC4)C3)CC2)c(C)n1. The van der Waals surface area contributed by atoms with Crippen molar-refractivity contribution >= 4 is 10.0 Å². The number of methoxy groups -OCH3 is 1. The summed E-state index contributed by atoms with van der Waals surface area (Å²) in [7, 11) is -1.98. The number of ether oxygens (including phenoxy) is 2. The Morgan fingerprint density at radius 1 is 1.14 bits per heavy atom. The first-order valence-electron chi connectivity index (χ1n) is 10.3. The topological polar surface area (TPSA) is 72.0 Å². The summed E-state index contributed by atoms with van der Waals surface area (Å²) < 4.78 is 38.5. The van der Waals surface area contributed by atoms with Crippen LogP contribution in [0.5, 0.6) is 5.88 Å². The molecule has 7 nitrogen and oxygen atoms in total. The second kappa shape index (κ2) is 7.89. The van der Waals surface area contributed by atoms with E-state index in [4.69, 9.17) is 9.47 Å². The minimum absolute atomic E-state index is 0.275. The van der Waals surface area contributed by atoms with Crippen LogP contribution in [0.15, 0.2) is 17.0 Å². The zero-order valence-electron chi connectivity index (χ0n) is 16.9. The molecule has 0 saturated carbocycles. The molecular weight excluding hydrogens is 378 g/mol. The number of rotatable bonds is 4. The Balaban J connectivity index is 1.41. The third kappa shape index (κ3) is 3.79. The zero-order chi connectivity index (χ0) is 19.8. The summed E-state index contributed by atoms with van der Waals surface area (Å²) in [4.78, 5) is 7.16. The fourth-order valence-electron chi connectivity index (χ4n) is 4.99. The van der Waals surface area contributed by atoms with E-state index in [2.05, 4.69) is 9.88 Å². The van der Waals surface area contributed by atoms with Gasteiger partial charge in [-0.25, -0.2) is 13.4 Å². The number of likely N-dealkylation sites (tertiary alicyclic amines) is 1. The van der Waals surface area contributed by atoms with Crippen molar-refractivity contribution in [2.45, 2.75) is 50.0 Å². The number of hydrogen-bond acceptors (Lipinski definition) is 6. The predicted molar refractivity (Wildman–Crippen MR) is 106 cm³/mol. The van der Waals surface area contributed by atoms with E-state index in [1.807, 2.05) is 0 Å². The van der Waals surface area contributed by atoms with Gasteiger partial charge in [0.25, 0.3) is 0 Å². The molecule has 0 radical (unpaired) electrons. The number of pyridine rings is 1. The Labute approximate surface area is 168 Å². The molecule has 3 aliphatic rings. The molecular formula is C20H31N3O4S. The van der Waals surface area contributed by atoms with E-state index in [1.165, 1.54) is 13.5 Å². The van der Waals surface area contributed by atoms with Crippen molar-refractivity contribution in [3.8, 4) is 5.88 Å². The second-order valence-electron chi connectivity index (χ2n) is 8.41. The number of piperidine rings is 1. The fraction of sp³-hybridized carbons (Fsp3) is 0.750. The average molecular weight is 410 g/mol. The Morgan fingerprint density at radius 2 is 1.82 bits per heavy atom. The maximum atomic E-state index is 13.1. The molecule has 0 bridgehead atoms. The molecule has 3 saturated heterocycles. The summed E-state index contributed by atoms with van der Waals surface area (Å²) in [5.41, 5.74) is 0.767. The molecule has 0 atom stereocenters. The molecule has 1 aromatic rings. The Morgan fingerprint density at radius 3 is 2.46 bits per heavy atom. The van der Waals surface area contributed by atoms with Gasteiger partial charge >= 0.3 is 0 Å². The van der Waals surface area contributed by atoms with Crippen LogP contribution in [0.3, 0.4) is 0 Å². The molecule has 1 spiro atoms. The van der Waals surface area contributed by atoms with Gasteiger partial charge in [-0.1, -0.05) is 0 Å². The Bertz CT molecular complexity index is 800. The minimum atomic E-state index is -3.51. The quantitative estimate of drug-likeness (QED) is 0.758. The van der Waals surface area contributed by atoms with Gasteiger partial charge in [0.05, 0.1) is 12.8 Å². The predicted octanol–water partition coefficient (Wildman–Crippen LogP) is 2.05. The van der Waals surface area contributed by atoms with Gasteiger partial charge in [-0.3, -0.25) is 4.90 Å². The molecule has 4 heterocycles. The first kappa shape index (κ1) is 20.1. The maximum absolute atomic E-state index is 13.1. The molecule has 1 aromatic heterocycles. The number of hydrogen-bond donors (Lipinski definition) is 0. The molecule has 0 aliphatic carbocycles. The molecule has 4 rings (SSSR count). The van der Waals surface area contributed by atoms with E-state index < -0.39 is 10.0 Å². The van der Waals surface area contributed by atoms with Gasteiger partial charge in [-0.05, 0) is 57.1 Å². The summed E-state index contributed by atoms with van der Waals surface area (Å²) >= 11 is 0. The standard InChI is InChI=1S/C20H31N3O4S/c1-16-18(3-4-19(21-16)26-2)28(24,25)23-11-8-20(9-12-23)7-10-22(15-20)17-5-13-27-14-6-17/h3-4,17H,5-15H2,1-2H3. The first-order valence-corrected chi connectivity index (χ1v) is 11.7. The molecule has 3 aliphatic heterocycles. The molecule has 28 heavy (non-hydrogen) atoms. The molecule has 0 amide bonds. The summed E-state index contributed by atoms with van der Waals surface area (Å²) in [6.45, 7) is 6.90. The zero-order valence-corrected chi connectivity index (χ0v) is 17.7. The third-order valence-electron chi connectivity index (χ3n) is 6.80. The van der Waals surface area contributed by atoms with Gasteiger partial charge in [0, 0.05) is 45.0 Å². The highest BCUT2D eigenvalue weighted by atomic mass is 32.2. The van der Waals surface area contributed by atoms with Crippen molar-refractivity contribution < 1.29 is 17.9 Å². The van der Waals surface area contributed by atoms with E-state index in [9.17, 15) is 8.42 Å². The van der Waals surface area contributed by atoms with Crippen LogP contribution in [-0.4, -0.2) is 75.2 Å². The third-order valence-corrected chi connectivity index (χ3v) is 8.83. The highest BCUT2D eigenvalue weighted by Crippen LogP contribution is 2.43. The van der Waals surface area contributed by atoms with Crippen LogP contribution in [0.2, 0.25) is 0 Å². The van der Waals surface area contributed by atoms with Crippen LogP contribution in [0.1, 0.15) is 37.8 Å². The van der Waals surface area contributed by atoms with Crippen molar-refractivity contribution in [3.05, 3.63) is 17.8 Å². The lowest BCUT2D eigenvalue weighted by atomic mass is 9.78. The largest absolute Gasteiger partial charge is 0.481 e. The van der Waals surface area contributed by atoms with E-state index in [0.717, 1.165) is 52.0 Å². The van der Waals surface area contributed by atoms with Gasteiger partial charge in [-0.15, -0.1) is 0 Å². The van der Waals surface area contributed by atoms with Crippen molar-refractivity contribution in [2.75, 3.05) is 46.5 Å². The van der Waals surface area contributed by atoms with E-state index in [-0.39, 0.29) is 5.41 Å².